The van der Waals surface area contributed by atoms with Crippen LogP contribution < -0.4 is 10.6 Å². The predicted molar refractivity (Wildman–Crippen MR) is 98.8 cm³/mol. The lowest BCUT2D eigenvalue weighted by atomic mass is 10.0. The van der Waals surface area contributed by atoms with Gasteiger partial charge in [0.15, 0.2) is 5.96 Å². The summed E-state index contributed by atoms with van der Waals surface area (Å²) < 4.78 is 26.8. The molecular formula is C19H28F2N4. The molecule has 1 saturated heterocycles. The Labute approximate surface area is 149 Å². The highest BCUT2D eigenvalue weighted by Gasteiger charge is 2.19. The van der Waals surface area contributed by atoms with Gasteiger partial charge >= 0.3 is 0 Å². The molecule has 0 atom stereocenters. The van der Waals surface area contributed by atoms with Gasteiger partial charge in [-0.15, -0.1) is 0 Å². The van der Waals surface area contributed by atoms with Gasteiger partial charge in [0.25, 0.3) is 0 Å². The van der Waals surface area contributed by atoms with Crippen molar-refractivity contribution in [2.45, 2.75) is 32.2 Å². The van der Waals surface area contributed by atoms with Crippen LogP contribution in [0.25, 0.3) is 0 Å². The van der Waals surface area contributed by atoms with Gasteiger partial charge in [-0.05, 0) is 49.9 Å². The van der Waals surface area contributed by atoms with Crippen molar-refractivity contribution in [1.29, 1.82) is 0 Å². The molecule has 138 valence electrons. The molecule has 25 heavy (non-hydrogen) atoms. The summed E-state index contributed by atoms with van der Waals surface area (Å²) in [6.07, 6.45) is 2.50. The van der Waals surface area contributed by atoms with Crippen molar-refractivity contribution in [3.63, 3.8) is 0 Å². The number of likely N-dealkylation sites (tertiary alicyclic amines) is 1. The molecule has 1 aromatic rings. The van der Waals surface area contributed by atoms with E-state index >= 15 is 0 Å². The minimum atomic E-state index is -0.416. The SMILES string of the molecule is C=C(C)CN1CCC(NC(=NC)NCCc2cc(F)ccc2F)CC1. The lowest BCUT2D eigenvalue weighted by Crippen LogP contribution is -2.49. The summed E-state index contributed by atoms with van der Waals surface area (Å²) >= 11 is 0. The van der Waals surface area contributed by atoms with Gasteiger partial charge < -0.3 is 10.6 Å². The van der Waals surface area contributed by atoms with Gasteiger partial charge in [-0.25, -0.2) is 8.78 Å². The summed E-state index contributed by atoms with van der Waals surface area (Å²) in [5.41, 5.74) is 1.56. The molecule has 0 unspecified atom stereocenters. The monoisotopic (exact) mass is 350 g/mol. The molecule has 1 heterocycles. The van der Waals surface area contributed by atoms with E-state index < -0.39 is 5.82 Å². The second kappa shape index (κ2) is 9.51. The maximum Gasteiger partial charge on any atom is 0.191 e. The van der Waals surface area contributed by atoms with E-state index in [4.69, 9.17) is 0 Å². The molecule has 0 saturated carbocycles. The molecule has 2 N–H and O–H groups in total. The Morgan fingerprint density at radius 1 is 1.32 bits per heavy atom. The van der Waals surface area contributed by atoms with Crippen LogP contribution in [0.15, 0.2) is 35.3 Å². The van der Waals surface area contributed by atoms with Gasteiger partial charge in [-0.3, -0.25) is 9.89 Å². The summed E-state index contributed by atoms with van der Waals surface area (Å²) in [6.45, 7) is 9.54. The molecule has 0 amide bonds. The summed E-state index contributed by atoms with van der Waals surface area (Å²) in [6, 6.07) is 3.91. The number of hydrogen-bond donors (Lipinski definition) is 2. The summed E-state index contributed by atoms with van der Waals surface area (Å²) in [5, 5.41) is 6.59. The zero-order valence-electron chi connectivity index (χ0n) is 15.1. The first-order valence-electron chi connectivity index (χ1n) is 8.75. The van der Waals surface area contributed by atoms with Gasteiger partial charge in [0.05, 0.1) is 0 Å². The van der Waals surface area contributed by atoms with Crippen molar-refractivity contribution in [3.05, 3.63) is 47.5 Å². The zero-order valence-corrected chi connectivity index (χ0v) is 15.1. The zero-order chi connectivity index (χ0) is 18.2. The van der Waals surface area contributed by atoms with Crippen LogP contribution in [-0.4, -0.2) is 50.1 Å². The highest BCUT2D eigenvalue weighted by atomic mass is 19.1. The standard InChI is InChI=1S/C19H28F2N4/c1-14(2)13-25-10-7-17(8-11-25)24-19(22-3)23-9-6-15-12-16(20)4-5-18(15)21/h4-5,12,17H,1,6-11,13H2,2-3H3,(H2,22,23,24). The lowest BCUT2D eigenvalue weighted by molar-refractivity contribution is 0.221. The van der Waals surface area contributed by atoms with E-state index in [9.17, 15) is 8.78 Å². The van der Waals surface area contributed by atoms with Crippen LogP contribution in [-0.2, 0) is 6.42 Å². The Morgan fingerprint density at radius 2 is 2.04 bits per heavy atom. The summed E-state index contributed by atoms with van der Waals surface area (Å²) in [5.74, 6) is -0.0911. The molecule has 0 spiro atoms. The highest BCUT2D eigenvalue weighted by Crippen LogP contribution is 2.12. The number of benzene rings is 1. The third kappa shape index (κ3) is 6.46. The fourth-order valence-corrected chi connectivity index (χ4v) is 3.06. The van der Waals surface area contributed by atoms with Crippen molar-refractivity contribution in [2.75, 3.05) is 33.2 Å². The number of hydrogen-bond acceptors (Lipinski definition) is 2. The minimum Gasteiger partial charge on any atom is -0.356 e. The topological polar surface area (TPSA) is 39.7 Å². The number of aliphatic imine (C=N–C) groups is 1. The van der Waals surface area contributed by atoms with Crippen molar-refractivity contribution in [3.8, 4) is 0 Å². The van der Waals surface area contributed by atoms with E-state index in [1.54, 1.807) is 7.05 Å². The molecule has 2 rings (SSSR count). The Kier molecular flexibility index (Phi) is 7.37. The fourth-order valence-electron chi connectivity index (χ4n) is 3.06. The second-order valence-electron chi connectivity index (χ2n) is 6.64. The number of halogens is 2. The molecule has 1 aliphatic heterocycles. The van der Waals surface area contributed by atoms with E-state index in [1.165, 1.54) is 11.6 Å². The number of piperidine rings is 1. The average molecular weight is 350 g/mol. The normalized spacial score (nSPS) is 16.7. The largest absolute Gasteiger partial charge is 0.356 e. The third-order valence-electron chi connectivity index (χ3n) is 4.34. The number of guanidine groups is 1. The van der Waals surface area contributed by atoms with Crippen molar-refractivity contribution >= 4 is 5.96 Å². The Bertz CT molecular complexity index is 607. The maximum atomic E-state index is 13.6. The van der Waals surface area contributed by atoms with E-state index in [-0.39, 0.29) is 5.82 Å². The van der Waals surface area contributed by atoms with Crippen LogP contribution in [0.4, 0.5) is 8.78 Å². The molecule has 0 radical (unpaired) electrons. The molecule has 1 aromatic carbocycles. The minimum absolute atomic E-state index is 0.371. The number of rotatable bonds is 6. The van der Waals surface area contributed by atoms with E-state index in [1.807, 2.05) is 0 Å². The van der Waals surface area contributed by atoms with Crippen LogP contribution in [0.5, 0.6) is 0 Å². The molecule has 0 aromatic heterocycles. The Morgan fingerprint density at radius 3 is 2.68 bits per heavy atom. The first-order valence-corrected chi connectivity index (χ1v) is 8.75. The van der Waals surface area contributed by atoms with Crippen LogP contribution >= 0.6 is 0 Å². The Hall–Kier alpha value is -1.95. The molecule has 6 heteroatoms. The molecule has 1 fully saturated rings. The molecule has 1 aliphatic rings. The maximum absolute atomic E-state index is 13.6. The van der Waals surface area contributed by atoms with Crippen molar-refractivity contribution < 1.29 is 8.78 Å². The number of nitrogens with zero attached hydrogens (tertiary/aromatic N) is 2. The smallest absolute Gasteiger partial charge is 0.191 e. The fraction of sp³-hybridized carbons (Fsp3) is 0.526. The third-order valence-corrected chi connectivity index (χ3v) is 4.34. The molecule has 0 aliphatic carbocycles. The van der Waals surface area contributed by atoms with Crippen molar-refractivity contribution in [2.24, 2.45) is 4.99 Å². The number of nitrogens with one attached hydrogen (secondary N) is 2. The second-order valence-corrected chi connectivity index (χ2v) is 6.64. The highest BCUT2D eigenvalue weighted by molar-refractivity contribution is 5.79. The summed E-state index contributed by atoms with van der Waals surface area (Å²) in [4.78, 5) is 6.63. The quantitative estimate of drug-likeness (QED) is 0.471. The van der Waals surface area contributed by atoms with E-state index in [0.717, 1.165) is 44.6 Å². The first-order chi connectivity index (χ1) is 12.0. The lowest BCUT2D eigenvalue weighted by Gasteiger charge is -2.33. The average Bonchev–Trinajstić information content (AvgIpc) is 2.58. The first kappa shape index (κ1) is 19.4. The summed E-state index contributed by atoms with van der Waals surface area (Å²) in [7, 11) is 1.72. The molecular weight excluding hydrogens is 322 g/mol. The van der Waals surface area contributed by atoms with E-state index in [2.05, 4.69) is 34.0 Å². The van der Waals surface area contributed by atoms with E-state index in [0.29, 0.717) is 30.5 Å². The van der Waals surface area contributed by atoms with Crippen LogP contribution in [0.2, 0.25) is 0 Å². The van der Waals surface area contributed by atoms with Crippen LogP contribution in [0.3, 0.4) is 0 Å². The molecule has 0 bridgehead atoms. The van der Waals surface area contributed by atoms with Gasteiger partial charge in [0, 0.05) is 39.3 Å². The van der Waals surface area contributed by atoms with Crippen LogP contribution in [0, 0.1) is 11.6 Å². The predicted octanol–water partition coefficient (Wildman–Crippen LogP) is 2.71. The van der Waals surface area contributed by atoms with Crippen molar-refractivity contribution in [1.82, 2.24) is 15.5 Å². The molecule has 4 nitrogen and oxygen atoms in total. The van der Waals surface area contributed by atoms with Crippen LogP contribution in [0.1, 0.15) is 25.3 Å². The van der Waals surface area contributed by atoms with Gasteiger partial charge in [0.1, 0.15) is 11.6 Å². The van der Waals surface area contributed by atoms with Gasteiger partial charge in [0.2, 0.25) is 0 Å². The van der Waals surface area contributed by atoms with Gasteiger partial charge in [-0.1, -0.05) is 12.2 Å². The Balaban J connectivity index is 1.74. The van der Waals surface area contributed by atoms with Gasteiger partial charge in [-0.2, -0.15) is 0 Å².